The summed E-state index contributed by atoms with van der Waals surface area (Å²) in [4.78, 5) is 29.1. The fourth-order valence-electron chi connectivity index (χ4n) is 4.12. The zero-order valence-corrected chi connectivity index (χ0v) is 17.2. The molecule has 1 aromatic rings. The van der Waals surface area contributed by atoms with Crippen LogP contribution in [0.3, 0.4) is 0 Å². The number of likely N-dealkylation sites (N-methyl/N-ethyl adjacent to an activating group) is 1. The number of likely N-dealkylation sites (tertiary alicyclic amines) is 1. The number of amides is 2. The van der Waals surface area contributed by atoms with Crippen molar-refractivity contribution in [2.24, 2.45) is 5.92 Å². The van der Waals surface area contributed by atoms with Gasteiger partial charge in [-0.2, -0.15) is 0 Å². The van der Waals surface area contributed by atoms with Gasteiger partial charge < -0.3 is 10.2 Å². The Bertz CT molecular complexity index is 797. The fraction of sp³-hybridized carbons (Fsp3) is 0.600. The quantitative estimate of drug-likeness (QED) is 0.770. The topological polar surface area (TPSA) is 86.8 Å². The Hall–Kier alpha value is -1.93. The van der Waals surface area contributed by atoms with Crippen LogP contribution < -0.4 is 5.32 Å². The van der Waals surface area contributed by atoms with Crippen molar-refractivity contribution in [2.75, 3.05) is 43.0 Å². The lowest BCUT2D eigenvalue weighted by molar-refractivity contribution is -0.135. The molecular formula is C20H29N3O4S. The third kappa shape index (κ3) is 5.32. The maximum absolute atomic E-state index is 12.8. The van der Waals surface area contributed by atoms with E-state index in [0.29, 0.717) is 19.5 Å². The van der Waals surface area contributed by atoms with Crippen molar-refractivity contribution in [1.29, 1.82) is 0 Å². The third-order valence-electron chi connectivity index (χ3n) is 5.59. The van der Waals surface area contributed by atoms with E-state index in [1.807, 2.05) is 42.2 Å². The van der Waals surface area contributed by atoms with Crippen molar-refractivity contribution in [1.82, 2.24) is 9.80 Å². The zero-order valence-electron chi connectivity index (χ0n) is 16.3. The van der Waals surface area contributed by atoms with Gasteiger partial charge >= 0.3 is 0 Å². The van der Waals surface area contributed by atoms with Crippen LogP contribution in [0, 0.1) is 5.92 Å². The summed E-state index contributed by atoms with van der Waals surface area (Å²) in [6.07, 6.45) is 2.19. The average Bonchev–Trinajstić information content (AvgIpc) is 3.03. The van der Waals surface area contributed by atoms with Crippen LogP contribution in [0.2, 0.25) is 0 Å². The van der Waals surface area contributed by atoms with Crippen molar-refractivity contribution in [3.8, 4) is 0 Å². The van der Waals surface area contributed by atoms with E-state index in [1.54, 1.807) is 4.90 Å². The van der Waals surface area contributed by atoms with Gasteiger partial charge in [0.05, 0.1) is 24.0 Å². The van der Waals surface area contributed by atoms with E-state index in [4.69, 9.17) is 0 Å². The van der Waals surface area contributed by atoms with Crippen LogP contribution in [0.5, 0.6) is 0 Å². The number of piperidine rings is 1. The molecule has 0 radical (unpaired) electrons. The smallest absolute Gasteiger partial charge is 0.237 e. The molecule has 2 heterocycles. The van der Waals surface area contributed by atoms with Gasteiger partial charge in [-0.3, -0.25) is 14.5 Å². The highest BCUT2D eigenvalue weighted by Gasteiger charge is 2.35. The minimum atomic E-state index is -3.03. The Morgan fingerprint density at radius 3 is 2.61 bits per heavy atom. The highest BCUT2D eigenvalue weighted by Crippen LogP contribution is 2.21. The first-order valence-corrected chi connectivity index (χ1v) is 11.8. The molecule has 1 aromatic carbocycles. The molecule has 7 nitrogen and oxygen atoms in total. The van der Waals surface area contributed by atoms with Crippen LogP contribution in [-0.4, -0.2) is 73.8 Å². The van der Waals surface area contributed by atoms with Gasteiger partial charge in [-0.25, -0.2) is 8.42 Å². The van der Waals surface area contributed by atoms with Crippen LogP contribution in [0.1, 0.15) is 26.2 Å². The molecule has 0 aromatic heterocycles. The maximum Gasteiger partial charge on any atom is 0.237 e. The molecule has 3 rings (SSSR count). The van der Waals surface area contributed by atoms with Gasteiger partial charge in [-0.05, 0) is 44.9 Å². The number of hydrogen-bond donors (Lipinski definition) is 1. The van der Waals surface area contributed by atoms with Gasteiger partial charge in [0, 0.05) is 24.8 Å². The summed E-state index contributed by atoms with van der Waals surface area (Å²) in [7, 11) is -3.03. The molecule has 2 atom stereocenters. The monoisotopic (exact) mass is 407 g/mol. The lowest BCUT2D eigenvalue weighted by Gasteiger charge is -2.34. The van der Waals surface area contributed by atoms with E-state index in [0.717, 1.165) is 25.1 Å². The van der Waals surface area contributed by atoms with Gasteiger partial charge in [-0.1, -0.05) is 18.2 Å². The first-order valence-electron chi connectivity index (χ1n) is 9.96. The summed E-state index contributed by atoms with van der Waals surface area (Å²) < 4.78 is 23.5. The van der Waals surface area contributed by atoms with Crippen molar-refractivity contribution in [2.45, 2.75) is 32.2 Å². The molecule has 2 unspecified atom stereocenters. The van der Waals surface area contributed by atoms with Crippen LogP contribution in [-0.2, 0) is 19.4 Å². The molecule has 28 heavy (non-hydrogen) atoms. The van der Waals surface area contributed by atoms with Crippen molar-refractivity contribution in [3.63, 3.8) is 0 Å². The molecule has 154 valence electrons. The molecule has 0 aliphatic carbocycles. The van der Waals surface area contributed by atoms with E-state index in [-0.39, 0.29) is 41.8 Å². The third-order valence-corrected chi connectivity index (χ3v) is 7.34. The molecule has 0 spiro atoms. The molecule has 1 N–H and O–H groups in total. The number of rotatable bonds is 6. The summed E-state index contributed by atoms with van der Waals surface area (Å²) >= 11 is 0. The number of benzene rings is 1. The second-order valence-electron chi connectivity index (χ2n) is 7.67. The summed E-state index contributed by atoms with van der Waals surface area (Å²) in [5, 5.41) is 2.95. The standard InChI is InChI=1S/C20H29N3O4S/c1-2-23(18-10-12-28(26,27)15-18)19(24)14-22-11-6-7-16(13-22)20(25)21-17-8-4-3-5-9-17/h3-5,8-9,16,18H,2,6-7,10-15H2,1H3,(H,21,25). The van der Waals surface area contributed by atoms with Crippen molar-refractivity contribution < 1.29 is 18.0 Å². The first kappa shape index (κ1) is 20.8. The highest BCUT2D eigenvalue weighted by atomic mass is 32.2. The number of nitrogens with zero attached hydrogens (tertiary/aromatic N) is 2. The molecule has 8 heteroatoms. The largest absolute Gasteiger partial charge is 0.338 e. The minimum Gasteiger partial charge on any atom is -0.338 e. The summed E-state index contributed by atoms with van der Waals surface area (Å²) in [5.41, 5.74) is 0.778. The average molecular weight is 408 g/mol. The molecule has 2 amide bonds. The lowest BCUT2D eigenvalue weighted by Crippen LogP contribution is -2.49. The second kappa shape index (κ2) is 9.05. The number of para-hydroxylation sites is 1. The lowest BCUT2D eigenvalue weighted by atomic mass is 9.97. The molecule has 2 aliphatic rings. The van der Waals surface area contributed by atoms with Crippen LogP contribution in [0.25, 0.3) is 0 Å². The Morgan fingerprint density at radius 2 is 1.96 bits per heavy atom. The van der Waals surface area contributed by atoms with E-state index < -0.39 is 9.84 Å². The number of carbonyl (C=O) groups is 2. The molecule has 0 saturated carbocycles. The maximum atomic E-state index is 12.8. The summed E-state index contributed by atoms with van der Waals surface area (Å²) in [5.74, 6) is 0.0108. The van der Waals surface area contributed by atoms with Crippen molar-refractivity contribution in [3.05, 3.63) is 30.3 Å². The van der Waals surface area contributed by atoms with Crippen molar-refractivity contribution >= 4 is 27.3 Å². The van der Waals surface area contributed by atoms with E-state index in [9.17, 15) is 18.0 Å². The van der Waals surface area contributed by atoms with Gasteiger partial charge in [0.1, 0.15) is 0 Å². The van der Waals surface area contributed by atoms with Crippen LogP contribution >= 0.6 is 0 Å². The molecule has 2 fully saturated rings. The minimum absolute atomic E-state index is 0.0161. The molecule has 2 aliphatic heterocycles. The van der Waals surface area contributed by atoms with E-state index in [1.165, 1.54) is 0 Å². The van der Waals surface area contributed by atoms with E-state index in [2.05, 4.69) is 5.32 Å². The molecule has 0 bridgehead atoms. The number of hydrogen-bond acceptors (Lipinski definition) is 5. The number of anilines is 1. The number of sulfone groups is 1. The normalized spacial score (nSPS) is 24.6. The van der Waals surface area contributed by atoms with Gasteiger partial charge in [0.25, 0.3) is 0 Å². The predicted octanol–water partition coefficient (Wildman–Crippen LogP) is 1.37. The van der Waals surface area contributed by atoms with E-state index >= 15 is 0 Å². The fourth-order valence-corrected chi connectivity index (χ4v) is 5.85. The number of carbonyl (C=O) groups excluding carboxylic acids is 2. The van der Waals surface area contributed by atoms with Gasteiger partial charge in [0.2, 0.25) is 11.8 Å². The first-order chi connectivity index (χ1) is 13.4. The SMILES string of the molecule is CCN(C(=O)CN1CCCC(C(=O)Nc2ccccc2)C1)C1CCS(=O)(=O)C1. The molecular weight excluding hydrogens is 378 g/mol. The Labute approximate surface area is 167 Å². The van der Waals surface area contributed by atoms with Gasteiger partial charge in [-0.15, -0.1) is 0 Å². The summed E-state index contributed by atoms with van der Waals surface area (Å²) in [6, 6.07) is 9.16. The Kier molecular flexibility index (Phi) is 6.72. The number of nitrogens with one attached hydrogen (secondary N) is 1. The van der Waals surface area contributed by atoms with Crippen LogP contribution in [0.4, 0.5) is 5.69 Å². The zero-order chi connectivity index (χ0) is 20.1. The van der Waals surface area contributed by atoms with Gasteiger partial charge in [0.15, 0.2) is 9.84 Å². The van der Waals surface area contributed by atoms with Crippen LogP contribution in [0.15, 0.2) is 30.3 Å². The second-order valence-corrected chi connectivity index (χ2v) is 9.89. The Morgan fingerprint density at radius 1 is 1.21 bits per heavy atom. The Balaban J connectivity index is 1.55. The summed E-state index contributed by atoms with van der Waals surface area (Å²) in [6.45, 7) is 3.95. The highest BCUT2D eigenvalue weighted by molar-refractivity contribution is 7.91. The predicted molar refractivity (Wildman–Crippen MR) is 109 cm³/mol. The molecule has 2 saturated heterocycles.